The van der Waals surface area contributed by atoms with E-state index in [9.17, 15) is 13.2 Å². The second-order valence-corrected chi connectivity index (χ2v) is 5.98. The maximum Gasteiger partial charge on any atom is 0.416 e. The maximum atomic E-state index is 13.2. The molecule has 0 aliphatic heterocycles. The van der Waals surface area contributed by atoms with Crippen LogP contribution in [-0.4, -0.2) is 0 Å². The number of hydrogen-bond donors (Lipinski definition) is 1. The number of rotatable bonds is 2. The van der Waals surface area contributed by atoms with E-state index in [0.717, 1.165) is 17.2 Å². The molecule has 1 atom stereocenters. The van der Waals surface area contributed by atoms with Crippen molar-refractivity contribution in [1.29, 1.82) is 0 Å². The van der Waals surface area contributed by atoms with E-state index in [4.69, 9.17) is 5.73 Å². The molecule has 1 unspecified atom stereocenters. The third kappa shape index (κ3) is 3.47. The topological polar surface area (TPSA) is 26.0 Å². The Labute approximate surface area is 130 Å². The molecule has 0 aromatic heterocycles. The van der Waals surface area contributed by atoms with Gasteiger partial charge in [0.25, 0.3) is 0 Å². The summed E-state index contributed by atoms with van der Waals surface area (Å²) in [5.74, 6) is 0. The highest BCUT2D eigenvalue weighted by Crippen LogP contribution is 2.37. The molecule has 0 heterocycles. The zero-order chi connectivity index (χ0) is 15.8. The summed E-state index contributed by atoms with van der Waals surface area (Å²) < 4.78 is 40.0. The molecule has 0 fully saturated rings. The van der Waals surface area contributed by atoms with Gasteiger partial charge in [-0.1, -0.05) is 45.8 Å². The van der Waals surface area contributed by atoms with Crippen molar-refractivity contribution in [3.8, 4) is 0 Å². The van der Waals surface area contributed by atoms with Gasteiger partial charge in [0, 0.05) is 4.47 Å². The SMILES string of the molecule is Cc1ccc(C(N)c2ccc(Br)cc2C(F)(F)F)c(C)c1. The van der Waals surface area contributed by atoms with E-state index in [-0.39, 0.29) is 5.56 Å². The lowest BCUT2D eigenvalue weighted by molar-refractivity contribution is -0.138. The first kappa shape index (κ1) is 16.0. The molecule has 0 aliphatic carbocycles. The van der Waals surface area contributed by atoms with Crippen molar-refractivity contribution < 1.29 is 13.2 Å². The van der Waals surface area contributed by atoms with E-state index >= 15 is 0 Å². The summed E-state index contributed by atoms with van der Waals surface area (Å²) in [5, 5.41) is 0. The normalized spacial score (nSPS) is 13.3. The standard InChI is InChI=1S/C16H15BrF3N/c1-9-3-5-12(10(2)7-9)15(21)13-6-4-11(17)8-14(13)16(18,19)20/h3-8,15H,21H2,1-2H3. The molecule has 112 valence electrons. The third-order valence-corrected chi connectivity index (χ3v) is 3.91. The molecule has 2 aromatic carbocycles. The summed E-state index contributed by atoms with van der Waals surface area (Å²) in [4.78, 5) is 0. The minimum Gasteiger partial charge on any atom is -0.320 e. The third-order valence-electron chi connectivity index (χ3n) is 3.42. The molecule has 0 amide bonds. The number of hydrogen-bond acceptors (Lipinski definition) is 1. The van der Waals surface area contributed by atoms with E-state index in [0.29, 0.717) is 10.0 Å². The predicted molar refractivity (Wildman–Crippen MR) is 81.1 cm³/mol. The Morgan fingerprint density at radius 2 is 1.62 bits per heavy atom. The van der Waals surface area contributed by atoms with Crippen LogP contribution in [0.15, 0.2) is 40.9 Å². The van der Waals surface area contributed by atoms with Crippen LogP contribution in [0.1, 0.15) is 33.9 Å². The minimum atomic E-state index is -4.44. The van der Waals surface area contributed by atoms with Crippen LogP contribution in [-0.2, 0) is 6.18 Å². The van der Waals surface area contributed by atoms with E-state index in [1.54, 1.807) is 12.1 Å². The molecule has 1 nitrogen and oxygen atoms in total. The Bertz CT molecular complexity index is 665. The maximum absolute atomic E-state index is 13.2. The lowest BCUT2D eigenvalue weighted by atomic mass is 9.91. The summed E-state index contributed by atoms with van der Waals surface area (Å²) in [6.07, 6.45) is -4.44. The second-order valence-electron chi connectivity index (χ2n) is 5.07. The van der Waals surface area contributed by atoms with Crippen LogP contribution in [0.5, 0.6) is 0 Å². The smallest absolute Gasteiger partial charge is 0.320 e. The number of alkyl halides is 3. The van der Waals surface area contributed by atoms with Crippen LogP contribution < -0.4 is 5.73 Å². The van der Waals surface area contributed by atoms with Crippen LogP contribution in [0.4, 0.5) is 13.2 Å². The molecule has 2 N–H and O–H groups in total. The Kier molecular flexibility index (Phi) is 4.44. The minimum absolute atomic E-state index is 0.0812. The first-order chi connectivity index (χ1) is 9.70. The molecule has 0 bridgehead atoms. The van der Waals surface area contributed by atoms with Crippen molar-refractivity contribution in [3.05, 3.63) is 68.7 Å². The molecule has 2 rings (SSSR count). The summed E-state index contributed by atoms with van der Waals surface area (Å²) in [6.45, 7) is 3.79. The molecule has 0 aliphatic rings. The Morgan fingerprint density at radius 1 is 1.00 bits per heavy atom. The van der Waals surface area contributed by atoms with Gasteiger partial charge in [0.05, 0.1) is 11.6 Å². The van der Waals surface area contributed by atoms with E-state index < -0.39 is 17.8 Å². The Morgan fingerprint density at radius 3 is 2.19 bits per heavy atom. The molecule has 5 heteroatoms. The van der Waals surface area contributed by atoms with Crippen LogP contribution in [0.3, 0.4) is 0 Å². The van der Waals surface area contributed by atoms with Gasteiger partial charge in [-0.2, -0.15) is 13.2 Å². The highest BCUT2D eigenvalue weighted by molar-refractivity contribution is 9.10. The number of halogens is 4. The average Bonchev–Trinajstić information content (AvgIpc) is 2.37. The van der Waals surface area contributed by atoms with Crippen LogP contribution in [0, 0.1) is 13.8 Å². The first-order valence-corrected chi connectivity index (χ1v) is 7.19. The number of nitrogens with two attached hydrogens (primary N) is 1. The summed E-state index contributed by atoms with van der Waals surface area (Å²) in [7, 11) is 0. The number of benzene rings is 2. The van der Waals surface area contributed by atoms with Crippen molar-refractivity contribution in [2.24, 2.45) is 5.73 Å². The highest BCUT2D eigenvalue weighted by Gasteiger charge is 2.35. The quantitative estimate of drug-likeness (QED) is 0.791. The largest absolute Gasteiger partial charge is 0.416 e. The van der Waals surface area contributed by atoms with Gasteiger partial charge in [0.1, 0.15) is 0 Å². The fourth-order valence-corrected chi connectivity index (χ4v) is 2.75. The summed E-state index contributed by atoms with van der Waals surface area (Å²) in [6, 6.07) is 8.83. The number of aryl methyl sites for hydroxylation is 2. The zero-order valence-electron chi connectivity index (χ0n) is 11.6. The van der Waals surface area contributed by atoms with E-state index in [2.05, 4.69) is 15.9 Å². The van der Waals surface area contributed by atoms with E-state index in [1.807, 2.05) is 26.0 Å². The predicted octanol–water partition coefficient (Wildman–Crippen LogP) is 5.13. The Balaban J connectivity index is 2.55. The fraction of sp³-hybridized carbons (Fsp3) is 0.250. The van der Waals surface area contributed by atoms with Crippen LogP contribution in [0.2, 0.25) is 0 Å². The van der Waals surface area contributed by atoms with Crippen molar-refractivity contribution in [2.75, 3.05) is 0 Å². The molecule has 2 aromatic rings. The van der Waals surface area contributed by atoms with E-state index in [1.165, 1.54) is 6.07 Å². The summed E-state index contributed by atoms with van der Waals surface area (Å²) in [5.41, 5.74) is 8.12. The van der Waals surface area contributed by atoms with Gasteiger partial charge in [0.2, 0.25) is 0 Å². The van der Waals surface area contributed by atoms with Gasteiger partial charge in [-0.05, 0) is 42.7 Å². The van der Waals surface area contributed by atoms with Crippen molar-refractivity contribution in [2.45, 2.75) is 26.1 Å². The van der Waals surface area contributed by atoms with Crippen molar-refractivity contribution in [3.63, 3.8) is 0 Å². The van der Waals surface area contributed by atoms with Crippen molar-refractivity contribution in [1.82, 2.24) is 0 Å². The molecule has 0 spiro atoms. The summed E-state index contributed by atoms with van der Waals surface area (Å²) >= 11 is 3.08. The highest BCUT2D eigenvalue weighted by atomic mass is 79.9. The second kappa shape index (κ2) is 5.81. The van der Waals surface area contributed by atoms with Gasteiger partial charge < -0.3 is 5.73 Å². The van der Waals surface area contributed by atoms with Gasteiger partial charge in [0.15, 0.2) is 0 Å². The van der Waals surface area contributed by atoms with Gasteiger partial charge in [-0.25, -0.2) is 0 Å². The first-order valence-electron chi connectivity index (χ1n) is 6.39. The van der Waals surface area contributed by atoms with Crippen molar-refractivity contribution >= 4 is 15.9 Å². The molecule has 0 saturated heterocycles. The molecular formula is C16H15BrF3N. The van der Waals surface area contributed by atoms with Gasteiger partial charge in [-0.15, -0.1) is 0 Å². The fourth-order valence-electron chi connectivity index (χ4n) is 2.39. The van der Waals surface area contributed by atoms with Crippen LogP contribution >= 0.6 is 15.9 Å². The molecule has 21 heavy (non-hydrogen) atoms. The average molecular weight is 358 g/mol. The lowest BCUT2D eigenvalue weighted by Gasteiger charge is -2.20. The van der Waals surface area contributed by atoms with Gasteiger partial charge >= 0.3 is 6.18 Å². The molecule has 0 saturated carbocycles. The molecule has 0 radical (unpaired) electrons. The van der Waals surface area contributed by atoms with Gasteiger partial charge in [-0.3, -0.25) is 0 Å². The molecular weight excluding hydrogens is 343 g/mol. The monoisotopic (exact) mass is 357 g/mol. The van der Waals surface area contributed by atoms with Crippen LogP contribution in [0.25, 0.3) is 0 Å². The zero-order valence-corrected chi connectivity index (χ0v) is 13.2. The lowest BCUT2D eigenvalue weighted by Crippen LogP contribution is -2.19. The Hall–Kier alpha value is -1.33.